The normalized spacial score (nSPS) is 10.3. The minimum Gasteiger partial charge on any atom is -0.497 e. The molecule has 0 aliphatic heterocycles. The van der Waals surface area contributed by atoms with E-state index in [4.69, 9.17) is 15.2 Å². The lowest BCUT2D eigenvalue weighted by molar-refractivity contribution is 0.408. The van der Waals surface area contributed by atoms with Crippen LogP contribution in [0.5, 0.6) is 16.7 Å². The molecule has 0 radical (unpaired) electrons. The van der Waals surface area contributed by atoms with Crippen molar-refractivity contribution in [2.24, 2.45) is 5.73 Å². The van der Waals surface area contributed by atoms with E-state index < -0.39 is 0 Å². The van der Waals surface area contributed by atoms with Gasteiger partial charge < -0.3 is 15.2 Å². The van der Waals surface area contributed by atoms with Crippen LogP contribution in [0.25, 0.3) is 0 Å². The first-order valence-electron chi connectivity index (χ1n) is 5.19. The van der Waals surface area contributed by atoms with Crippen molar-refractivity contribution >= 4 is 11.3 Å². The fourth-order valence-electron chi connectivity index (χ4n) is 1.41. The third-order valence-electron chi connectivity index (χ3n) is 2.21. The smallest absolute Gasteiger partial charge is 0.278 e. The minimum atomic E-state index is 0.449. The fourth-order valence-corrected chi connectivity index (χ4v) is 2.07. The zero-order valence-corrected chi connectivity index (χ0v) is 10.6. The van der Waals surface area contributed by atoms with Gasteiger partial charge in [0.1, 0.15) is 11.5 Å². The SMILES string of the molecule is COc1cc(CN)cc(Oc2nc(C)cs2)c1. The number of hydrogen-bond donors (Lipinski definition) is 1. The first-order chi connectivity index (χ1) is 8.21. The molecular formula is C12H14N2O2S. The van der Waals surface area contributed by atoms with Crippen molar-refractivity contribution in [1.82, 2.24) is 4.98 Å². The van der Waals surface area contributed by atoms with Crippen molar-refractivity contribution < 1.29 is 9.47 Å². The van der Waals surface area contributed by atoms with Gasteiger partial charge in [-0.2, -0.15) is 0 Å². The summed E-state index contributed by atoms with van der Waals surface area (Å²) in [6, 6.07) is 5.59. The molecule has 0 amide bonds. The second-order valence-corrected chi connectivity index (χ2v) is 4.40. The van der Waals surface area contributed by atoms with Crippen molar-refractivity contribution in [2.75, 3.05) is 7.11 Å². The highest BCUT2D eigenvalue weighted by atomic mass is 32.1. The monoisotopic (exact) mass is 250 g/mol. The number of rotatable bonds is 4. The molecule has 17 heavy (non-hydrogen) atoms. The van der Waals surface area contributed by atoms with E-state index in [1.54, 1.807) is 7.11 Å². The molecule has 0 atom stereocenters. The van der Waals surface area contributed by atoms with Gasteiger partial charge in [0.25, 0.3) is 5.19 Å². The topological polar surface area (TPSA) is 57.4 Å². The summed E-state index contributed by atoms with van der Waals surface area (Å²) in [7, 11) is 1.62. The van der Waals surface area contributed by atoms with Crippen molar-refractivity contribution in [3.8, 4) is 16.7 Å². The van der Waals surface area contributed by atoms with Crippen molar-refractivity contribution in [3.05, 3.63) is 34.8 Å². The number of benzene rings is 1. The highest BCUT2D eigenvalue weighted by Gasteiger charge is 2.05. The highest BCUT2D eigenvalue weighted by Crippen LogP contribution is 2.29. The van der Waals surface area contributed by atoms with Crippen LogP contribution in [0.4, 0.5) is 0 Å². The Morgan fingerprint density at radius 2 is 2.06 bits per heavy atom. The second-order valence-electron chi connectivity index (χ2n) is 3.58. The number of nitrogens with two attached hydrogens (primary N) is 1. The minimum absolute atomic E-state index is 0.449. The lowest BCUT2D eigenvalue weighted by atomic mass is 10.2. The summed E-state index contributed by atoms with van der Waals surface area (Å²) < 4.78 is 10.8. The lowest BCUT2D eigenvalue weighted by Gasteiger charge is -2.07. The largest absolute Gasteiger partial charge is 0.497 e. The Kier molecular flexibility index (Phi) is 3.61. The summed E-state index contributed by atoms with van der Waals surface area (Å²) in [5.74, 6) is 1.43. The Morgan fingerprint density at radius 3 is 2.65 bits per heavy atom. The number of aryl methyl sites for hydroxylation is 1. The molecule has 0 unspecified atom stereocenters. The molecule has 5 heteroatoms. The van der Waals surface area contributed by atoms with E-state index >= 15 is 0 Å². The molecule has 2 rings (SSSR count). The first kappa shape index (κ1) is 11.9. The third-order valence-corrected chi connectivity index (χ3v) is 3.05. The highest BCUT2D eigenvalue weighted by molar-refractivity contribution is 7.11. The molecular weight excluding hydrogens is 236 g/mol. The van der Waals surface area contributed by atoms with E-state index in [0.717, 1.165) is 17.0 Å². The van der Waals surface area contributed by atoms with Crippen molar-refractivity contribution in [3.63, 3.8) is 0 Å². The molecule has 0 spiro atoms. The molecule has 0 fully saturated rings. The average molecular weight is 250 g/mol. The molecule has 1 aromatic heterocycles. The fraction of sp³-hybridized carbons (Fsp3) is 0.250. The Balaban J connectivity index is 2.25. The number of thiazole rings is 1. The van der Waals surface area contributed by atoms with E-state index in [9.17, 15) is 0 Å². The summed E-state index contributed by atoms with van der Waals surface area (Å²) >= 11 is 1.47. The van der Waals surface area contributed by atoms with Gasteiger partial charge in [-0.15, -0.1) is 0 Å². The molecule has 2 N–H and O–H groups in total. The van der Waals surface area contributed by atoms with Crippen LogP contribution in [-0.4, -0.2) is 12.1 Å². The molecule has 0 bridgehead atoms. The van der Waals surface area contributed by atoms with Crippen LogP contribution in [0.15, 0.2) is 23.6 Å². The van der Waals surface area contributed by atoms with Gasteiger partial charge in [-0.3, -0.25) is 0 Å². The number of methoxy groups -OCH3 is 1. The predicted molar refractivity (Wildman–Crippen MR) is 67.8 cm³/mol. The maximum atomic E-state index is 5.66. The summed E-state index contributed by atoms with van der Waals surface area (Å²) in [5, 5.41) is 2.57. The number of ether oxygens (including phenoxy) is 2. The Bertz CT molecular complexity index is 489. The zero-order valence-electron chi connectivity index (χ0n) is 9.77. The number of hydrogen-bond acceptors (Lipinski definition) is 5. The molecule has 0 aliphatic carbocycles. The van der Waals surface area contributed by atoms with E-state index in [1.807, 2.05) is 30.5 Å². The molecule has 1 aromatic carbocycles. The van der Waals surface area contributed by atoms with Crippen LogP contribution in [0.2, 0.25) is 0 Å². The van der Waals surface area contributed by atoms with Crippen LogP contribution in [0.1, 0.15) is 11.3 Å². The van der Waals surface area contributed by atoms with Crippen LogP contribution in [0, 0.1) is 6.92 Å². The van der Waals surface area contributed by atoms with E-state index in [-0.39, 0.29) is 0 Å². The van der Waals surface area contributed by atoms with Gasteiger partial charge in [0, 0.05) is 18.0 Å². The molecule has 0 saturated carbocycles. The van der Waals surface area contributed by atoms with Crippen LogP contribution >= 0.6 is 11.3 Å². The van der Waals surface area contributed by atoms with Gasteiger partial charge in [0.2, 0.25) is 0 Å². The Labute approximate surface area is 104 Å². The van der Waals surface area contributed by atoms with E-state index in [2.05, 4.69) is 4.98 Å². The second kappa shape index (κ2) is 5.16. The Hall–Kier alpha value is -1.59. The Morgan fingerprint density at radius 1 is 1.29 bits per heavy atom. The maximum absolute atomic E-state index is 5.66. The van der Waals surface area contributed by atoms with Gasteiger partial charge in [-0.25, -0.2) is 4.98 Å². The number of aromatic nitrogens is 1. The summed E-state index contributed by atoms with van der Waals surface area (Å²) in [4.78, 5) is 4.24. The van der Waals surface area contributed by atoms with Crippen molar-refractivity contribution in [2.45, 2.75) is 13.5 Å². The first-order valence-corrected chi connectivity index (χ1v) is 6.07. The summed E-state index contributed by atoms with van der Waals surface area (Å²) in [5.41, 5.74) is 7.53. The van der Waals surface area contributed by atoms with Crippen LogP contribution < -0.4 is 15.2 Å². The van der Waals surface area contributed by atoms with Gasteiger partial charge in [0.05, 0.1) is 12.8 Å². The standard InChI is InChI=1S/C12H14N2O2S/c1-8-7-17-12(14-8)16-11-4-9(6-13)3-10(5-11)15-2/h3-5,7H,6,13H2,1-2H3. The quantitative estimate of drug-likeness (QED) is 0.906. The molecule has 90 valence electrons. The molecule has 0 aliphatic rings. The van der Waals surface area contributed by atoms with E-state index in [0.29, 0.717) is 17.5 Å². The molecule has 4 nitrogen and oxygen atoms in total. The van der Waals surface area contributed by atoms with Crippen LogP contribution in [-0.2, 0) is 6.54 Å². The van der Waals surface area contributed by atoms with Crippen LogP contribution in [0.3, 0.4) is 0 Å². The average Bonchev–Trinajstić information content (AvgIpc) is 2.74. The molecule has 2 aromatic rings. The molecule has 0 saturated heterocycles. The van der Waals surface area contributed by atoms with Gasteiger partial charge in [-0.1, -0.05) is 11.3 Å². The molecule has 1 heterocycles. The summed E-state index contributed by atoms with van der Waals surface area (Å²) in [6.07, 6.45) is 0. The lowest BCUT2D eigenvalue weighted by Crippen LogP contribution is -1.97. The van der Waals surface area contributed by atoms with Gasteiger partial charge >= 0.3 is 0 Å². The van der Waals surface area contributed by atoms with Crippen molar-refractivity contribution in [1.29, 1.82) is 0 Å². The maximum Gasteiger partial charge on any atom is 0.278 e. The summed E-state index contributed by atoms with van der Waals surface area (Å²) in [6.45, 7) is 2.38. The van der Waals surface area contributed by atoms with E-state index in [1.165, 1.54) is 11.3 Å². The third kappa shape index (κ3) is 2.95. The zero-order chi connectivity index (χ0) is 12.3. The predicted octanol–water partition coefficient (Wildman–Crippen LogP) is 2.71. The van der Waals surface area contributed by atoms with Gasteiger partial charge in [0.15, 0.2) is 0 Å². The van der Waals surface area contributed by atoms with Gasteiger partial charge in [-0.05, 0) is 24.6 Å². The number of nitrogens with zero attached hydrogens (tertiary/aromatic N) is 1.